The van der Waals surface area contributed by atoms with Gasteiger partial charge in [-0.3, -0.25) is 9.78 Å². The van der Waals surface area contributed by atoms with Crippen LogP contribution >= 0.6 is 24.8 Å². The number of aromatic nitrogens is 1. The van der Waals surface area contributed by atoms with Gasteiger partial charge in [0.15, 0.2) is 0 Å². The summed E-state index contributed by atoms with van der Waals surface area (Å²) in [4.78, 5) is 16.7. The van der Waals surface area contributed by atoms with E-state index >= 15 is 0 Å². The van der Waals surface area contributed by atoms with Gasteiger partial charge in [-0.2, -0.15) is 0 Å². The Labute approximate surface area is 172 Å². The normalized spacial score (nSPS) is 15.8. The maximum Gasteiger partial charge on any atom is 0.240 e. The van der Waals surface area contributed by atoms with Crippen LogP contribution in [0.5, 0.6) is 5.75 Å². The zero-order valence-electron chi connectivity index (χ0n) is 15.4. The predicted molar refractivity (Wildman–Crippen MR) is 111 cm³/mol. The standard InChI is InChI=1S/C20H25N3O2.2ClH/c1-15(23-19(24)20(21)10-3-4-11-20)16-7-6-9-18(13-16)25-14-17-8-2-5-12-22-17;;/h2,5-9,12-13,15H,3-4,10-11,14,21H2,1H3,(H,23,24);2*1H. The minimum atomic E-state index is -0.707. The lowest BCUT2D eigenvalue weighted by Crippen LogP contribution is -2.52. The first-order valence-electron chi connectivity index (χ1n) is 8.79. The van der Waals surface area contributed by atoms with Gasteiger partial charge in [-0.15, -0.1) is 24.8 Å². The number of nitrogens with two attached hydrogens (primary N) is 1. The highest BCUT2D eigenvalue weighted by Gasteiger charge is 2.37. The van der Waals surface area contributed by atoms with Crippen molar-refractivity contribution < 1.29 is 9.53 Å². The Kier molecular flexibility index (Phi) is 9.03. The molecule has 0 radical (unpaired) electrons. The van der Waals surface area contributed by atoms with Gasteiger partial charge in [0.2, 0.25) is 5.91 Å². The van der Waals surface area contributed by atoms with Gasteiger partial charge in [0.05, 0.1) is 17.3 Å². The number of hydrogen-bond acceptors (Lipinski definition) is 4. The molecule has 148 valence electrons. The maximum atomic E-state index is 12.5. The minimum absolute atomic E-state index is 0. The lowest BCUT2D eigenvalue weighted by molar-refractivity contribution is -0.126. The summed E-state index contributed by atoms with van der Waals surface area (Å²) >= 11 is 0. The smallest absolute Gasteiger partial charge is 0.240 e. The Balaban J connectivity index is 0.00000182. The molecule has 0 spiro atoms. The van der Waals surface area contributed by atoms with E-state index in [4.69, 9.17) is 10.5 Å². The number of amides is 1. The molecule has 1 aromatic heterocycles. The number of nitrogens with one attached hydrogen (secondary N) is 1. The van der Waals surface area contributed by atoms with Gasteiger partial charge in [-0.1, -0.05) is 31.0 Å². The van der Waals surface area contributed by atoms with E-state index in [2.05, 4.69) is 10.3 Å². The van der Waals surface area contributed by atoms with Crippen LogP contribution in [0.25, 0.3) is 0 Å². The summed E-state index contributed by atoms with van der Waals surface area (Å²) in [6.07, 6.45) is 5.32. The van der Waals surface area contributed by atoms with Crippen LogP contribution in [0.3, 0.4) is 0 Å². The van der Waals surface area contributed by atoms with Crippen LogP contribution in [0.15, 0.2) is 48.7 Å². The average Bonchev–Trinajstić information content (AvgIpc) is 3.09. The molecule has 2 aromatic rings. The largest absolute Gasteiger partial charge is 0.487 e. The van der Waals surface area contributed by atoms with Crippen LogP contribution < -0.4 is 15.8 Å². The van der Waals surface area contributed by atoms with Gasteiger partial charge in [-0.05, 0) is 49.6 Å². The molecule has 1 saturated carbocycles. The van der Waals surface area contributed by atoms with Crippen LogP contribution in [-0.2, 0) is 11.4 Å². The summed E-state index contributed by atoms with van der Waals surface area (Å²) in [5.74, 6) is 0.699. The molecule has 3 N–H and O–H groups in total. The molecule has 3 rings (SSSR count). The second kappa shape index (κ2) is 10.5. The number of ether oxygens (including phenoxy) is 1. The summed E-state index contributed by atoms with van der Waals surface area (Å²) in [7, 11) is 0. The highest BCUT2D eigenvalue weighted by Crippen LogP contribution is 2.28. The third-order valence-corrected chi connectivity index (χ3v) is 4.77. The first kappa shape index (κ1) is 23.2. The Morgan fingerprint density at radius 2 is 1.96 bits per heavy atom. The molecular weight excluding hydrogens is 385 g/mol. The number of carbonyl (C=O) groups excluding carboxylic acids is 1. The van der Waals surface area contributed by atoms with E-state index in [1.54, 1.807) is 6.20 Å². The van der Waals surface area contributed by atoms with Crippen LogP contribution in [0, 0.1) is 0 Å². The number of rotatable bonds is 6. The quantitative estimate of drug-likeness (QED) is 0.753. The highest BCUT2D eigenvalue weighted by molar-refractivity contribution is 5.86. The predicted octanol–water partition coefficient (Wildman–Crippen LogP) is 3.95. The summed E-state index contributed by atoms with van der Waals surface area (Å²) in [5.41, 5.74) is 7.39. The van der Waals surface area contributed by atoms with Gasteiger partial charge in [-0.25, -0.2) is 0 Å². The molecule has 27 heavy (non-hydrogen) atoms. The van der Waals surface area contributed by atoms with E-state index in [9.17, 15) is 4.79 Å². The Hall–Kier alpha value is -1.82. The SMILES string of the molecule is CC(NC(=O)C1(N)CCCC1)c1cccc(OCc2ccccn2)c1.Cl.Cl. The van der Waals surface area contributed by atoms with Gasteiger partial charge < -0.3 is 15.8 Å². The molecule has 7 heteroatoms. The van der Waals surface area contributed by atoms with E-state index in [0.29, 0.717) is 6.61 Å². The second-order valence-electron chi connectivity index (χ2n) is 6.74. The fraction of sp³-hybridized carbons (Fsp3) is 0.400. The van der Waals surface area contributed by atoms with Gasteiger partial charge >= 0.3 is 0 Å². The molecule has 1 aliphatic rings. The van der Waals surface area contributed by atoms with Crippen molar-refractivity contribution in [2.24, 2.45) is 5.73 Å². The van der Waals surface area contributed by atoms with Gasteiger partial charge in [0.25, 0.3) is 0 Å². The monoisotopic (exact) mass is 411 g/mol. The molecule has 1 heterocycles. The van der Waals surface area contributed by atoms with Crippen molar-refractivity contribution >= 4 is 30.7 Å². The number of benzene rings is 1. The molecule has 1 aliphatic carbocycles. The molecule has 1 fully saturated rings. The van der Waals surface area contributed by atoms with Crippen LogP contribution in [0.4, 0.5) is 0 Å². The summed E-state index contributed by atoms with van der Waals surface area (Å²) in [6, 6.07) is 13.4. The summed E-state index contributed by atoms with van der Waals surface area (Å²) < 4.78 is 5.81. The summed E-state index contributed by atoms with van der Waals surface area (Å²) in [5, 5.41) is 3.05. The van der Waals surface area contributed by atoms with Crippen LogP contribution in [0.1, 0.15) is 49.9 Å². The van der Waals surface area contributed by atoms with Crippen molar-refractivity contribution in [1.29, 1.82) is 0 Å². The number of nitrogens with zero attached hydrogens (tertiary/aromatic N) is 1. The van der Waals surface area contributed by atoms with E-state index in [1.165, 1.54) is 0 Å². The lowest BCUT2D eigenvalue weighted by atomic mass is 9.97. The second-order valence-corrected chi connectivity index (χ2v) is 6.74. The first-order chi connectivity index (χ1) is 12.1. The molecule has 1 aromatic carbocycles. The molecule has 1 atom stereocenters. The fourth-order valence-electron chi connectivity index (χ4n) is 3.17. The average molecular weight is 412 g/mol. The van der Waals surface area contributed by atoms with Crippen molar-refractivity contribution in [3.8, 4) is 5.75 Å². The van der Waals surface area contributed by atoms with Crippen molar-refractivity contribution in [3.63, 3.8) is 0 Å². The zero-order chi connectivity index (χ0) is 17.7. The van der Waals surface area contributed by atoms with Crippen LogP contribution in [0.2, 0.25) is 0 Å². The fourth-order valence-corrected chi connectivity index (χ4v) is 3.17. The van der Waals surface area contributed by atoms with E-state index in [-0.39, 0.29) is 36.8 Å². The van der Waals surface area contributed by atoms with Crippen molar-refractivity contribution in [3.05, 3.63) is 59.9 Å². The van der Waals surface area contributed by atoms with Crippen molar-refractivity contribution in [1.82, 2.24) is 10.3 Å². The maximum absolute atomic E-state index is 12.5. The number of hydrogen-bond donors (Lipinski definition) is 2. The number of halogens is 2. The molecule has 1 unspecified atom stereocenters. The number of carbonyl (C=O) groups is 1. The minimum Gasteiger partial charge on any atom is -0.487 e. The topological polar surface area (TPSA) is 77.2 Å². The number of pyridine rings is 1. The van der Waals surface area contributed by atoms with Crippen molar-refractivity contribution in [2.45, 2.75) is 50.8 Å². The summed E-state index contributed by atoms with van der Waals surface area (Å²) in [6.45, 7) is 2.38. The first-order valence-corrected chi connectivity index (χ1v) is 8.79. The van der Waals surface area contributed by atoms with Gasteiger partial charge in [0.1, 0.15) is 12.4 Å². The van der Waals surface area contributed by atoms with Crippen molar-refractivity contribution in [2.75, 3.05) is 0 Å². The Bertz CT molecular complexity index is 722. The Morgan fingerprint density at radius 1 is 1.22 bits per heavy atom. The van der Waals surface area contributed by atoms with E-state index < -0.39 is 5.54 Å². The van der Waals surface area contributed by atoms with E-state index in [1.807, 2.05) is 49.4 Å². The highest BCUT2D eigenvalue weighted by atomic mass is 35.5. The van der Waals surface area contributed by atoms with Crippen LogP contribution in [-0.4, -0.2) is 16.4 Å². The molecule has 1 amide bonds. The molecule has 0 saturated heterocycles. The lowest BCUT2D eigenvalue weighted by Gasteiger charge is -2.25. The molecule has 5 nitrogen and oxygen atoms in total. The molecule has 0 bridgehead atoms. The van der Waals surface area contributed by atoms with E-state index in [0.717, 1.165) is 42.7 Å². The Morgan fingerprint density at radius 3 is 2.63 bits per heavy atom. The third kappa shape index (κ3) is 6.09. The van der Waals surface area contributed by atoms with Gasteiger partial charge in [0, 0.05) is 6.20 Å². The molecular formula is C20H27Cl2N3O2. The zero-order valence-corrected chi connectivity index (χ0v) is 17.0. The third-order valence-electron chi connectivity index (χ3n) is 4.77. The molecule has 0 aliphatic heterocycles.